The minimum absolute atomic E-state index is 0.581. The lowest BCUT2D eigenvalue weighted by Gasteiger charge is -2.03. The van der Waals surface area contributed by atoms with Gasteiger partial charge in [0.25, 0.3) is 0 Å². The Labute approximate surface area is 93.7 Å². The number of carbonyl (C=O) groups is 1. The van der Waals surface area contributed by atoms with Crippen molar-refractivity contribution in [2.24, 2.45) is 7.05 Å². The SMILES string of the molecule is CCCc1nccn1-c1nn(C)cc1C=O. The van der Waals surface area contributed by atoms with Gasteiger partial charge in [-0.05, 0) is 6.42 Å². The summed E-state index contributed by atoms with van der Waals surface area (Å²) in [5.41, 5.74) is 0.581. The molecule has 2 heterocycles. The molecule has 0 saturated carbocycles. The molecule has 0 unspecified atom stereocenters. The lowest BCUT2D eigenvalue weighted by atomic mass is 10.3. The van der Waals surface area contributed by atoms with Crippen molar-refractivity contribution in [2.75, 3.05) is 0 Å². The summed E-state index contributed by atoms with van der Waals surface area (Å²) < 4.78 is 3.50. The van der Waals surface area contributed by atoms with Crippen LogP contribution in [0.25, 0.3) is 5.82 Å². The summed E-state index contributed by atoms with van der Waals surface area (Å²) in [5.74, 6) is 1.59. The van der Waals surface area contributed by atoms with E-state index in [-0.39, 0.29) is 0 Å². The summed E-state index contributed by atoms with van der Waals surface area (Å²) in [6.45, 7) is 2.10. The van der Waals surface area contributed by atoms with Gasteiger partial charge in [0.2, 0.25) is 0 Å². The number of nitrogens with zero attached hydrogens (tertiary/aromatic N) is 4. The molecule has 0 aliphatic heterocycles. The van der Waals surface area contributed by atoms with Gasteiger partial charge in [-0.3, -0.25) is 14.0 Å². The Balaban J connectivity index is 2.48. The van der Waals surface area contributed by atoms with Crippen LogP contribution < -0.4 is 0 Å². The number of aromatic nitrogens is 4. The second kappa shape index (κ2) is 4.30. The molecule has 0 aliphatic rings. The number of carbonyl (C=O) groups excluding carboxylic acids is 1. The van der Waals surface area contributed by atoms with Crippen molar-refractivity contribution in [3.05, 3.63) is 30.0 Å². The van der Waals surface area contributed by atoms with E-state index in [2.05, 4.69) is 17.0 Å². The van der Waals surface area contributed by atoms with Crippen molar-refractivity contribution in [3.8, 4) is 5.82 Å². The van der Waals surface area contributed by atoms with Gasteiger partial charge < -0.3 is 0 Å². The molecule has 2 aromatic rings. The Morgan fingerprint density at radius 3 is 3.00 bits per heavy atom. The number of hydrogen-bond acceptors (Lipinski definition) is 3. The lowest BCUT2D eigenvalue weighted by molar-refractivity contribution is 0.112. The molecule has 2 aromatic heterocycles. The fraction of sp³-hybridized carbons (Fsp3) is 0.364. The van der Waals surface area contributed by atoms with Crippen LogP contribution in [0.3, 0.4) is 0 Å². The molecule has 0 aromatic carbocycles. The van der Waals surface area contributed by atoms with Crippen LogP contribution in [0.2, 0.25) is 0 Å². The summed E-state index contributed by atoms with van der Waals surface area (Å²) in [6.07, 6.45) is 7.98. The van der Waals surface area contributed by atoms with Gasteiger partial charge in [0.15, 0.2) is 12.1 Å². The topological polar surface area (TPSA) is 52.7 Å². The van der Waals surface area contributed by atoms with Crippen LogP contribution in [0.15, 0.2) is 18.6 Å². The molecule has 0 fully saturated rings. The molecule has 5 heteroatoms. The number of aryl methyl sites for hydroxylation is 2. The second-order valence-corrected chi connectivity index (χ2v) is 3.66. The van der Waals surface area contributed by atoms with E-state index in [1.807, 2.05) is 10.8 Å². The standard InChI is InChI=1S/C11H14N4O/c1-3-4-10-12-5-6-15(10)11-9(8-16)7-14(2)13-11/h5-8H,3-4H2,1-2H3. The van der Waals surface area contributed by atoms with Crippen LogP contribution in [0.1, 0.15) is 29.5 Å². The van der Waals surface area contributed by atoms with Crippen LogP contribution in [-0.2, 0) is 13.5 Å². The first-order valence-corrected chi connectivity index (χ1v) is 5.27. The Hall–Kier alpha value is -1.91. The smallest absolute Gasteiger partial charge is 0.170 e. The van der Waals surface area contributed by atoms with Gasteiger partial charge in [-0.15, -0.1) is 0 Å². The van der Waals surface area contributed by atoms with Gasteiger partial charge in [0, 0.05) is 32.1 Å². The fourth-order valence-corrected chi connectivity index (χ4v) is 1.70. The second-order valence-electron chi connectivity index (χ2n) is 3.66. The van der Waals surface area contributed by atoms with E-state index < -0.39 is 0 Å². The van der Waals surface area contributed by atoms with Crippen molar-refractivity contribution in [1.29, 1.82) is 0 Å². The van der Waals surface area contributed by atoms with Gasteiger partial charge in [-0.25, -0.2) is 4.98 Å². The molecule has 0 radical (unpaired) electrons. The summed E-state index contributed by atoms with van der Waals surface area (Å²) in [7, 11) is 1.80. The van der Waals surface area contributed by atoms with E-state index >= 15 is 0 Å². The highest BCUT2D eigenvalue weighted by Crippen LogP contribution is 2.13. The van der Waals surface area contributed by atoms with Crippen molar-refractivity contribution in [3.63, 3.8) is 0 Å². The predicted octanol–water partition coefficient (Wildman–Crippen LogP) is 1.37. The Kier molecular flexibility index (Phi) is 2.85. The zero-order valence-electron chi connectivity index (χ0n) is 9.42. The maximum absolute atomic E-state index is 10.9. The highest BCUT2D eigenvalue weighted by Gasteiger charge is 2.12. The molecule has 0 aliphatic carbocycles. The molecule has 84 valence electrons. The molecule has 5 nitrogen and oxygen atoms in total. The largest absolute Gasteiger partial charge is 0.298 e. The van der Waals surface area contributed by atoms with Crippen LogP contribution >= 0.6 is 0 Å². The third-order valence-corrected chi connectivity index (χ3v) is 2.38. The van der Waals surface area contributed by atoms with Gasteiger partial charge in [0.05, 0.1) is 5.56 Å². The van der Waals surface area contributed by atoms with Crippen molar-refractivity contribution < 1.29 is 4.79 Å². The van der Waals surface area contributed by atoms with E-state index in [0.717, 1.165) is 25.0 Å². The monoisotopic (exact) mass is 218 g/mol. The average molecular weight is 218 g/mol. The van der Waals surface area contributed by atoms with Crippen molar-refractivity contribution in [1.82, 2.24) is 19.3 Å². The molecule has 2 rings (SSSR count). The molecule has 0 saturated heterocycles. The van der Waals surface area contributed by atoms with Crippen LogP contribution in [-0.4, -0.2) is 25.6 Å². The van der Waals surface area contributed by atoms with Gasteiger partial charge in [-0.2, -0.15) is 5.10 Å². The number of hydrogen-bond donors (Lipinski definition) is 0. The first-order chi connectivity index (χ1) is 7.76. The third kappa shape index (κ3) is 1.76. The van der Waals surface area contributed by atoms with E-state index in [1.54, 1.807) is 24.1 Å². The first-order valence-electron chi connectivity index (χ1n) is 5.27. The molecule has 0 spiro atoms. The third-order valence-electron chi connectivity index (χ3n) is 2.38. The van der Waals surface area contributed by atoms with Crippen LogP contribution in [0.4, 0.5) is 0 Å². The molecule has 0 amide bonds. The molecular weight excluding hydrogens is 204 g/mol. The molecule has 0 bridgehead atoms. The number of aldehydes is 1. The zero-order chi connectivity index (χ0) is 11.5. The summed E-state index contributed by atoms with van der Waals surface area (Å²) in [6, 6.07) is 0. The highest BCUT2D eigenvalue weighted by molar-refractivity contribution is 5.79. The number of imidazole rings is 1. The van der Waals surface area contributed by atoms with E-state index in [4.69, 9.17) is 0 Å². The van der Waals surface area contributed by atoms with Crippen LogP contribution in [0.5, 0.6) is 0 Å². The highest BCUT2D eigenvalue weighted by atomic mass is 16.1. The summed E-state index contributed by atoms with van der Waals surface area (Å²) in [5, 5.41) is 4.28. The minimum atomic E-state index is 0.581. The molecule has 0 N–H and O–H groups in total. The average Bonchev–Trinajstić information content (AvgIpc) is 2.84. The van der Waals surface area contributed by atoms with Crippen LogP contribution in [0, 0.1) is 0 Å². The molecule has 0 atom stereocenters. The van der Waals surface area contributed by atoms with Crippen molar-refractivity contribution >= 4 is 6.29 Å². The van der Waals surface area contributed by atoms with Gasteiger partial charge in [-0.1, -0.05) is 6.92 Å². The first kappa shape index (κ1) is 10.6. The lowest BCUT2D eigenvalue weighted by Crippen LogP contribution is -2.03. The van der Waals surface area contributed by atoms with Crippen molar-refractivity contribution in [2.45, 2.75) is 19.8 Å². The minimum Gasteiger partial charge on any atom is -0.298 e. The quantitative estimate of drug-likeness (QED) is 0.728. The maximum atomic E-state index is 10.9. The Bertz CT molecular complexity index is 498. The predicted molar refractivity (Wildman–Crippen MR) is 59.7 cm³/mol. The Morgan fingerprint density at radius 1 is 1.50 bits per heavy atom. The maximum Gasteiger partial charge on any atom is 0.170 e. The van der Waals surface area contributed by atoms with E-state index in [9.17, 15) is 4.79 Å². The summed E-state index contributed by atoms with van der Waals surface area (Å²) >= 11 is 0. The van der Waals surface area contributed by atoms with Gasteiger partial charge >= 0.3 is 0 Å². The Morgan fingerprint density at radius 2 is 2.31 bits per heavy atom. The number of rotatable bonds is 4. The summed E-state index contributed by atoms with van der Waals surface area (Å²) in [4.78, 5) is 15.2. The van der Waals surface area contributed by atoms with E-state index in [0.29, 0.717) is 11.4 Å². The normalized spacial score (nSPS) is 10.6. The zero-order valence-corrected chi connectivity index (χ0v) is 9.42. The fourth-order valence-electron chi connectivity index (χ4n) is 1.70. The van der Waals surface area contributed by atoms with E-state index in [1.165, 1.54) is 0 Å². The van der Waals surface area contributed by atoms with Gasteiger partial charge in [0.1, 0.15) is 5.82 Å². The molecule has 16 heavy (non-hydrogen) atoms. The molecular formula is C11H14N4O.